The molecule has 6 heteroatoms. The van der Waals surface area contributed by atoms with E-state index in [4.69, 9.17) is 11.5 Å². The highest BCUT2D eigenvalue weighted by atomic mass is 16.2. The first-order valence-electron chi connectivity index (χ1n) is 6.42. The van der Waals surface area contributed by atoms with Gasteiger partial charge in [0.15, 0.2) is 0 Å². The second-order valence-electron chi connectivity index (χ2n) is 5.52. The molecule has 0 aromatic heterocycles. The van der Waals surface area contributed by atoms with Gasteiger partial charge in [-0.3, -0.25) is 4.79 Å². The molecule has 1 aromatic rings. The van der Waals surface area contributed by atoms with Crippen molar-refractivity contribution in [1.29, 1.82) is 0 Å². The Morgan fingerprint density at radius 3 is 2.55 bits per heavy atom. The van der Waals surface area contributed by atoms with Gasteiger partial charge in [-0.05, 0) is 38.5 Å². The van der Waals surface area contributed by atoms with Gasteiger partial charge in [-0.15, -0.1) is 0 Å². The lowest BCUT2D eigenvalue weighted by atomic mass is 10.0. The van der Waals surface area contributed by atoms with Crippen molar-refractivity contribution < 1.29 is 9.59 Å². The van der Waals surface area contributed by atoms with E-state index in [0.29, 0.717) is 5.69 Å². The summed E-state index contributed by atoms with van der Waals surface area (Å²) in [6.07, 6.45) is 0.0697. The van der Waals surface area contributed by atoms with Gasteiger partial charge in [0.25, 0.3) is 0 Å². The van der Waals surface area contributed by atoms with Crippen LogP contribution < -0.4 is 22.1 Å². The topological polar surface area (TPSA) is 110 Å². The zero-order valence-corrected chi connectivity index (χ0v) is 12.1. The van der Waals surface area contributed by atoms with Crippen LogP contribution >= 0.6 is 0 Å². The van der Waals surface area contributed by atoms with E-state index >= 15 is 0 Å². The normalized spacial score (nSPS) is 12.6. The number of anilines is 1. The standard InChI is InChI=1S/C14H22N4O2/c1-9(15)10-5-4-6-11(7-10)17-13(20)18-14(2,3)8-12(16)19/h4-7,9H,8,15H2,1-3H3,(H2,16,19)(H2,17,18,20). The zero-order chi connectivity index (χ0) is 15.3. The number of hydrogen-bond donors (Lipinski definition) is 4. The van der Waals surface area contributed by atoms with E-state index in [1.807, 2.05) is 25.1 Å². The summed E-state index contributed by atoms with van der Waals surface area (Å²) in [5.41, 5.74) is 11.8. The number of benzene rings is 1. The molecular formula is C14H22N4O2. The third-order valence-electron chi connectivity index (χ3n) is 2.74. The van der Waals surface area contributed by atoms with Crippen molar-refractivity contribution in [3.63, 3.8) is 0 Å². The highest BCUT2D eigenvalue weighted by Gasteiger charge is 2.22. The SMILES string of the molecule is CC(N)c1cccc(NC(=O)NC(C)(C)CC(N)=O)c1. The fourth-order valence-electron chi connectivity index (χ4n) is 1.85. The zero-order valence-electron chi connectivity index (χ0n) is 12.1. The first-order valence-corrected chi connectivity index (χ1v) is 6.42. The third kappa shape index (κ3) is 5.27. The number of rotatable bonds is 5. The molecule has 0 aliphatic rings. The summed E-state index contributed by atoms with van der Waals surface area (Å²) in [6, 6.07) is 6.80. The van der Waals surface area contributed by atoms with E-state index < -0.39 is 17.5 Å². The van der Waals surface area contributed by atoms with Gasteiger partial charge in [0, 0.05) is 23.7 Å². The monoisotopic (exact) mass is 278 g/mol. The molecule has 0 saturated heterocycles. The lowest BCUT2D eigenvalue weighted by Crippen LogP contribution is -2.47. The molecule has 20 heavy (non-hydrogen) atoms. The number of urea groups is 1. The van der Waals surface area contributed by atoms with Gasteiger partial charge in [0.2, 0.25) is 5.91 Å². The highest BCUT2D eigenvalue weighted by molar-refractivity contribution is 5.90. The van der Waals surface area contributed by atoms with Gasteiger partial charge in [-0.2, -0.15) is 0 Å². The van der Waals surface area contributed by atoms with Crippen molar-refractivity contribution in [1.82, 2.24) is 5.32 Å². The van der Waals surface area contributed by atoms with Crippen LogP contribution in [0.25, 0.3) is 0 Å². The largest absolute Gasteiger partial charge is 0.370 e. The maximum atomic E-state index is 11.9. The van der Waals surface area contributed by atoms with Crippen molar-refractivity contribution in [3.8, 4) is 0 Å². The summed E-state index contributed by atoms with van der Waals surface area (Å²) in [5, 5.41) is 5.41. The molecule has 0 aliphatic carbocycles. The summed E-state index contributed by atoms with van der Waals surface area (Å²) in [4.78, 5) is 22.8. The quantitative estimate of drug-likeness (QED) is 0.654. The lowest BCUT2D eigenvalue weighted by molar-refractivity contribution is -0.119. The molecule has 0 spiro atoms. The number of hydrogen-bond acceptors (Lipinski definition) is 3. The predicted molar refractivity (Wildman–Crippen MR) is 79.1 cm³/mol. The molecule has 6 nitrogen and oxygen atoms in total. The molecule has 0 radical (unpaired) electrons. The third-order valence-corrected chi connectivity index (χ3v) is 2.74. The summed E-state index contributed by atoms with van der Waals surface area (Å²) >= 11 is 0. The van der Waals surface area contributed by atoms with Crippen LogP contribution in [0.4, 0.5) is 10.5 Å². The molecular weight excluding hydrogens is 256 g/mol. The summed E-state index contributed by atoms with van der Waals surface area (Å²) in [5.74, 6) is -0.464. The van der Waals surface area contributed by atoms with E-state index in [0.717, 1.165) is 5.56 Å². The Labute approximate surface area is 118 Å². The average Bonchev–Trinajstić information content (AvgIpc) is 2.25. The van der Waals surface area contributed by atoms with Gasteiger partial charge >= 0.3 is 6.03 Å². The number of nitrogens with one attached hydrogen (secondary N) is 2. The maximum absolute atomic E-state index is 11.9. The van der Waals surface area contributed by atoms with Crippen LogP contribution in [-0.2, 0) is 4.79 Å². The van der Waals surface area contributed by atoms with Crippen LogP contribution in [0, 0.1) is 0 Å². The highest BCUT2D eigenvalue weighted by Crippen LogP contribution is 2.16. The van der Waals surface area contributed by atoms with Crippen LogP contribution in [0.5, 0.6) is 0 Å². The first kappa shape index (κ1) is 16.0. The van der Waals surface area contributed by atoms with Crippen molar-refractivity contribution in [2.75, 3.05) is 5.32 Å². The van der Waals surface area contributed by atoms with E-state index in [-0.39, 0.29) is 12.5 Å². The predicted octanol–water partition coefficient (Wildman–Crippen LogP) is 1.48. The fraction of sp³-hybridized carbons (Fsp3) is 0.429. The minimum atomic E-state index is -0.700. The molecule has 0 aliphatic heterocycles. The van der Waals surface area contributed by atoms with E-state index in [2.05, 4.69) is 10.6 Å². The average molecular weight is 278 g/mol. The molecule has 0 heterocycles. The van der Waals surface area contributed by atoms with Crippen LogP contribution in [-0.4, -0.2) is 17.5 Å². The maximum Gasteiger partial charge on any atom is 0.319 e. The van der Waals surface area contributed by atoms with E-state index in [1.165, 1.54) is 0 Å². The fourth-order valence-corrected chi connectivity index (χ4v) is 1.85. The first-order chi connectivity index (χ1) is 9.19. The Kier molecular flexibility index (Phi) is 5.10. The molecule has 6 N–H and O–H groups in total. The Balaban J connectivity index is 2.67. The second kappa shape index (κ2) is 6.38. The van der Waals surface area contributed by atoms with Gasteiger partial charge in [-0.25, -0.2) is 4.79 Å². The molecule has 1 atom stereocenters. The molecule has 0 fully saturated rings. The smallest absolute Gasteiger partial charge is 0.319 e. The van der Waals surface area contributed by atoms with E-state index in [9.17, 15) is 9.59 Å². The number of carbonyl (C=O) groups is 2. The van der Waals surface area contributed by atoms with Crippen LogP contribution in [0.15, 0.2) is 24.3 Å². The lowest BCUT2D eigenvalue weighted by Gasteiger charge is -2.24. The molecule has 1 unspecified atom stereocenters. The second-order valence-corrected chi connectivity index (χ2v) is 5.52. The van der Waals surface area contributed by atoms with Crippen LogP contribution in [0.3, 0.4) is 0 Å². The number of nitrogens with two attached hydrogens (primary N) is 2. The Morgan fingerprint density at radius 1 is 1.35 bits per heavy atom. The minimum absolute atomic E-state index is 0.0697. The Morgan fingerprint density at radius 2 is 2.00 bits per heavy atom. The number of primary amides is 1. The summed E-state index contributed by atoms with van der Waals surface area (Å²) < 4.78 is 0. The minimum Gasteiger partial charge on any atom is -0.370 e. The van der Waals surface area contributed by atoms with Gasteiger partial charge in [-0.1, -0.05) is 12.1 Å². The van der Waals surface area contributed by atoms with Gasteiger partial charge in [0.05, 0.1) is 0 Å². The van der Waals surface area contributed by atoms with Crippen molar-refractivity contribution >= 4 is 17.6 Å². The van der Waals surface area contributed by atoms with Crippen LogP contribution in [0.1, 0.15) is 38.8 Å². The van der Waals surface area contributed by atoms with Crippen molar-refractivity contribution in [2.45, 2.75) is 38.8 Å². The number of carbonyl (C=O) groups excluding carboxylic acids is 2. The Bertz CT molecular complexity index is 498. The summed E-state index contributed by atoms with van der Waals surface area (Å²) in [6.45, 7) is 5.33. The van der Waals surface area contributed by atoms with Crippen molar-refractivity contribution in [3.05, 3.63) is 29.8 Å². The molecule has 3 amide bonds. The molecule has 110 valence electrons. The van der Waals surface area contributed by atoms with Crippen LogP contribution in [0.2, 0.25) is 0 Å². The Hall–Kier alpha value is -2.08. The van der Waals surface area contributed by atoms with E-state index in [1.54, 1.807) is 19.9 Å². The molecule has 1 aromatic carbocycles. The van der Waals surface area contributed by atoms with Gasteiger partial charge < -0.3 is 22.1 Å². The van der Waals surface area contributed by atoms with Gasteiger partial charge in [0.1, 0.15) is 0 Å². The van der Waals surface area contributed by atoms with Crippen molar-refractivity contribution in [2.24, 2.45) is 11.5 Å². The molecule has 0 bridgehead atoms. The summed E-state index contributed by atoms with van der Waals surface area (Å²) in [7, 11) is 0. The molecule has 1 rings (SSSR count). The number of amides is 3. The molecule has 0 saturated carbocycles.